The number of carbonyl (C=O) groups excluding carboxylic acids is 2. The average Bonchev–Trinajstić information content (AvgIpc) is 3.23. The van der Waals surface area contributed by atoms with Gasteiger partial charge in [0.2, 0.25) is 0 Å². The van der Waals surface area contributed by atoms with Crippen LogP contribution in [0.3, 0.4) is 0 Å². The molecular weight excluding hydrogens is 476 g/mol. The SMILES string of the molecule is C[C@@H]1OC(=O)[C@H](C)C1C[C@@H](O)[C@](C)(O)C1CC[C@@]2(O)C3=CC(=O)C4CC(O)C(O)CC4(C)C3CCC12C. The maximum atomic E-state index is 13.3. The normalized spacial score (nSPS) is 51.9. The minimum atomic E-state index is -1.52. The van der Waals surface area contributed by atoms with E-state index in [9.17, 15) is 35.1 Å². The van der Waals surface area contributed by atoms with Crippen LogP contribution in [0.2, 0.25) is 0 Å². The number of ketones is 1. The van der Waals surface area contributed by atoms with E-state index in [1.54, 1.807) is 19.9 Å². The van der Waals surface area contributed by atoms with Gasteiger partial charge in [0, 0.05) is 17.3 Å². The van der Waals surface area contributed by atoms with Crippen LogP contribution in [0.5, 0.6) is 0 Å². The van der Waals surface area contributed by atoms with Crippen molar-refractivity contribution in [1.29, 1.82) is 0 Å². The highest BCUT2D eigenvalue weighted by molar-refractivity contribution is 5.95. The first-order valence-corrected chi connectivity index (χ1v) is 14.0. The average molecular weight is 521 g/mol. The molecule has 8 unspecified atom stereocenters. The molecule has 208 valence electrons. The Hall–Kier alpha value is -1.32. The van der Waals surface area contributed by atoms with Gasteiger partial charge in [-0.25, -0.2) is 0 Å². The predicted octanol–water partition coefficient (Wildman–Crippen LogP) is 1.89. The number of ether oxygens (including phenoxy) is 1. The second-order valence-electron chi connectivity index (χ2n) is 13.7. The third kappa shape index (κ3) is 3.65. The maximum absolute atomic E-state index is 13.3. The summed E-state index contributed by atoms with van der Waals surface area (Å²) in [6.45, 7) is 9.21. The summed E-state index contributed by atoms with van der Waals surface area (Å²) >= 11 is 0. The van der Waals surface area contributed by atoms with E-state index in [1.165, 1.54) is 0 Å². The Morgan fingerprint density at radius 3 is 2.41 bits per heavy atom. The number of hydrogen-bond acceptors (Lipinski definition) is 8. The maximum Gasteiger partial charge on any atom is 0.309 e. The molecule has 0 aromatic carbocycles. The van der Waals surface area contributed by atoms with Crippen LogP contribution in [0.1, 0.15) is 79.6 Å². The van der Waals surface area contributed by atoms with Crippen molar-refractivity contribution in [2.75, 3.05) is 0 Å². The number of aliphatic hydroxyl groups excluding tert-OH is 3. The molecule has 8 nitrogen and oxygen atoms in total. The van der Waals surface area contributed by atoms with Gasteiger partial charge in [0.1, 0.15) is 6.10 Å². The summed E-state index contributed by atoms with van der Waals surface area (Å²) < 4.78 is 5.34. The minimum absolute atomic E-state index is 0.104. The van der Waals surface area contributed by atoms with Crippen LogP contribution in [0.4, 0.5) is 0 Å². The summed E-state index contributed by atoms with van der Waals surface area (Å²) in [5.74, 6) is -1.88. The molecule has 5 aliphatic rings. The van der Waals surface area contributed by atoms with Crippen LogP contribution in [0, 0.1) is 40.4 Å². The van der Waals surface area contributed by atoms with Crippen LogP contribution in [-0.2, 0) is 14.3 Å². The second kappa shape index (κ2) is 8.59. The lowest BCUT2D eigenvalue weighted by atomic mass is 9.45. The fourth-order valence-corrected chi connectivity index (χ4v) is 9.39. The minimum Gasteiger partial charge on any atom is -0.462 e. The van der Waals surface area contributed by atoms with Crippen molar-refractivity contribution in [3.63, 3.8) is 0 Å². The molecule has 1 saturated heterocycles. The first-order valence-electron chi connectivity index (χ1n) is 14.0. The van der Waals surface area contributed by atoms with Crippen molar-refractivity contribution in [3.8, 4) is 0 Å². The van der Waals surface area contributed by atoms with Gasteiger partial charge in [0.15, 0.2) is 5.78 Å². The quantitative estimate of drug-likeness (QED) is 0.354. The smallest absolute Gasteiger partial charge is 0.309 e. The molecule has 0 bridgehead atoms. The molecule has 8 heteroatoms. The van der Waals surface area contributed by atoms with Gasteiger partial charge in [-0.15, -0.1) is 0 Å². The van der Waals surface area contributed by atoms with Gasteiger partial charge < -0.3 is 30.3 Å². The summed E-state index contributed by atoms with van der Waals surface area (Å²) in [6.07, 6.45) is 1.21. The number of carbonyl (C=O) groups is 2. The summed E-state index contributed by atoms with van der Waals surface area (Å²) in [7, 11) is 0. The van der Waals surface area contributed by atoms with Gasteiger partial charge in [0.05, 0.1) is 35.4 Å². The number of hydrogen-bond donors (Lipinski definition) is 5. The molecular formula is C29H44O8. The lowest BCUT2D eigenvalue weighted by Crippen LogP contribution is -2.63. The van der Waals surface area contributed by atoms with Gasteiger partial charge in [-0.3, -0.25) is 9.59 Å². The number of fused-ring (bicyclic) bond motifs is 5. The van der Waals surface area contributed by atoms with Gasteiger partial charge in [-0.1, -0.05) is 20.8 Å². The molecule has 0 spiro atoms. The molecule has 1 heterocycles. The van der Waals surface area contributed by atoms with Gasteiger partial charge in [-0.2, -0.15) is 0 Å². The first-order chi connectivity index (χ1) is 17.1. The Morgan fingerprint density at radius 1 is 1.11 bits per heavy atom. The summed E-state index contributed by atoms with van der Waals surface area (Å²) in [4.78, 5) is 25.4. The van der Waals surface area contributed by atoms with E-state index >= 15 is 0 Å². The van der Waals surface area contributed by atoms with Crippen LogP contribution in [0.15, 0.2) is 11.6 Å². The molecule has 0 amide bonds. The molecule has 5 N–H and O–H groups in total. The Kier molecular flexibility index (Phi) is 6.33. The lowest BCUT2D eigenvalue weighted by Gasteiger charge is -2.60. The standard InChI is InChI=1S/C29H44O8/c1-14-16(15(2)37-25(14)34)10-24(33)28(5,35)23-7-9-29(36)18-11-20(30)19-12-21(31)22(32)13-26(19,3)17(18)6-8-27(23,29)4/h11,14-17,19,21-24,31-33,35-36H,6-10,12-13H2,1-5H3/t14-,15+,16?,17?,19?,21?,22?,23?,24-,26?,27?,28-,29-/m1/s1. The zero-order valence-electron chi connectivity index (χ0n) is 22.7. The van der Waals surface area contributed by atoms with Gasteiger partial charge >= 0.3 is 5.97 Å². The topological polar surface area (TPSA) is 145 Å². The zero-order valence-corrected chi connectivity index (χ0v) is 22.7. The van der Waals surface area contributed by atoms with Crippen molar-refractivity contribution < 1.29 is 39.9 Å². The van der Waals surface area contributed by atoms with Gasteiger partial charge in [-0.05, 0) is 87.7 Å². The molecule has 13 atom stereocenters. The molecule has 0 aromatic rings. The van der Waals surface area contributed by atoms with Crippen molar-refractivity contribution in [3.05, 3.63) is 11.6 Å². The fraction of sp³-hybridized carbons (Fsp3) is 0.862. The summed E-state index contributed by atoms with van der Waals surface area (Å²) in [5, 5.41) is 56.2. The van der Waals surface area contributed by atoms with E-state index in [-0.39, 0.29) is 48.5 Å². The Labute approximate surface area is 219 Å². The van der Waals surface area contributed by atoms with Crippen LogP contribution in [-0.4, -0.2) is 72.9 Å². The zero-order chi connectivity index (χ0) is 27.3. The third-order valence-electron chi connectivity index (χ3n) is 11.9. The number of allylic oxidation sites excluding steroid dienone is 1. The number of rotatable bonds is 4. The van der Waals surface area contributed by atoms with Crippen molar-refractivity contribution in [1.82, 2.24) is 0 Å². The number of aliphatic hydroxyl groups is 5. The monoisotopic (exact) mass is 520 g/mol. The molecule has 5 rings (SSSR count). The van der Waals surface area contributed by atoms with Crippen LogP contribution < -0.4 is 0 Å². The fourth-order valence-electron chi connectivity index (χ4n) is 9.39. The van der Waals surface area contributed by atoms with Crippen molar-refractivity contribution in [2.45, 2.75) is 115 Å². The molecule has 3 saturated carbocycles. The van der Waals surface area contributed by atoms with Crippen molar-refractivity contribution in [2.24, 2.45) is 40.4 Å². The molecule has 4 aliphatic carbocycles. The molecule has 0 aromatic heterocycles. The molecule has 37 heavy (non-hydrogen) atoms. The Balaban J connectivity index is 1.44. The van der Waals surface area contributed by atoms with Gasteiger partial charge in [0.25, 0.3) is 0 Å². The van der Waals surface area contributed by atoms with E-state index in [2.05, 4.69) is 0 Å². The lowest BCUT2D eigenvalue weighted by molar-refractivity contribution is -0.178. The van der Waals surface area contributed by atoms with E-state index in [0.29, 0.717) is 37.7 Å². The summed E-state index contributed by atoms with van der Waals surface area (Å²) in [6, 6.07) is 0. The van der Waals surface area contributed by atoms with Crippen molar-refractivity contribution >= 4 is 11.8 Å². The largest absolute Gasteiger partial charge is 0.462 e. The molecule has 0 radical (unpaired) electrons. The number of esters is 1. The highest BCUT2D eigenvalue weighted by Crippen LogP contribution is 2.68. The predicted molar refractivity (Wildman–Crippen MR) is 134 cm³/mol. The molecule has 4 fully saturated rings. The van der Waals surface area contributed by atoms with E-state index in [1.807, 2.05) is 20.8 Å². The van der Waals surface area contributed by atoms with Crippen LogP contribution >= 0.6 is 0 Å². The van der Waals surface area contributed by atoms with Crippen LogP contribution in [0.25, 0.3) is 0 Å². The highest BCUT2D eigenvalue weighted by Gasteiger charge is 2.69. The summed E-state index contributed by atoms with van der Waals surface area (Å²) in [5.41, 5.74) is -3.47. The highest BCUT2D eigenvalue weighted by atomic mass is 16.6. The van der Waals surface area contributed by atoms with E-state index in [4.69, 9.17) is 4.74 Å². The van der Waals surface area contributed by atoms with E-state index in [0.717, 1.165) is 0 Å². The first kappa shape index (κ1) is 27.3. The van der Waals surface area contributed by atoms with E-state index < -0.39 is 52.2 Å². The third-order valence-corrected chi connectivity index (χ3v) is 11.9. The molecule has 1 aliphatic heterocycles. The Morgan fingerprint density at radius 2 is 1.78 bits per heavy atom. The number of cyclic esters (lactones) is 1. The second-order valence-corrected chi connectivity index (χ2v) is 13.7. The Bertz CT molecular complexity index is 1010.